The summed E-state index contributed by atoms with van der Waals surface area (Å²) in [7, 11) is 0. The average molecular weight is 503 g/mol. The molecule has 1 fully saturated rings. The molecule has 0 spiro atoms. The first-order valence-electron chi connectivity index (χ1n) is 13.4. The molecule has 2 N–H and O–H groups in total. The minimum atomic E-state index is -1.28. The molecule has 1 aliphatic rings. The highest BCUT2D eigenvalue weighted by Gasteiger charge is 2.61. The molecule has 200 valence electrons. The first kappa shape index (κ1) is 28.4. The average Bonchev–Trinajstić information content (AvgIpc) is 3.46. The van der Waals surface area contributed by atoms with E-state index in [-0.39, 0.29) is 24.9 Å². The Labute approximate surface area is 214 Å². The van der Waals surface area contributed by atoms with Gasteiger partial charge >= 0.3 is 0 Å². The van der Waals surface area contributed by atoms with Crippen LogP contribution in [0.5, 0.6) is 5.75 Å². The van der Waals surface area contributed by atoms with Crippen LogP contribution in [-0.4, -0.2) is 46.7 Å². The van der Waals surface area contributed by atoms with Gasteiger partial charge in [-0.15, -0.1) is 0 Å². The van der Waals surface area contributed by atoms with Crippen molar-refractivity contribution in [2.45, 2.75) is 110 Å². The number of fused-ring (bicyclic) bond motifs is 1. The lowest BCUT2D eigenvalue weighted by atomic mass is 9.84. The SMILES string of the molecule is CCCCOc1c(CC(C)C)cc2c(C(CCC)C(=O)CC(O)[C@]3(C=O)O[C@H]3CC)coc2c1CO. The molecule has 36 heavy (non-hydrogen) atoms. The molecule has 2 aromatic rings. The van der Waals surface area contributed by atoms with Crippen LogP contribution in [-0.2, 0) is 27.4 Å². The van der Waals surface area contributed by atoms with E-state index in [1.54, 1.807) is 6.26 Å². The zero-order chi connectivity index (χ0) is 26.5. The molecule has 2 unspecified atom stereocenters. The second kappa shape index (κ2) is 12.3. The molecule has 2 heterocycles. The Bertz CT molecular complexity index is 1040. The lowest BCUT2D eigenvalue weighted by Gasteiger charge is -2.20. The van der Waals surface area contributed by atoms with Crippen molar-refractivity contribution in [1.29, 1.82) is 0 Å². The topological polar surface area (TPSA) is 110 Å². The van der Waals surface area contributed by atoms with Gasteiger partial charge in [-0.1, -0.05) is 47.5 Å². The third-order valence-electron chi connectivity index (χ3n) is 7.15. The Kier molecular flexibility index (Phi) is 9.72. The maximum Gasteiger partial charge on any atom is 0.176 e. The van der Waals surface area contributed by atoms with Crippen LogP contribution < -0.4 is 4.74 Å². The van der Waals surface area contributed by atoms with Gasteiger partial charge in [-0.05, 0) is 43.2 Å². The molecule has 0 saturated carbocycles. The summed E-state index contributed by atoms with van der Waals surface area (Å²) in [6.07, 6.45) is 5.13. The fraction of sp³-hybridized carbons (Fsp3) is 0.655. The highest BCUT2D eigenvalue weighted by atomic mass is 16.6. The number of Topliss-reactive ketones (excluding diaryl/α,β-unsaturated/α-hetero) is 1. The van der Waals surface area contributed by atoms with Crippen LogP contribution in [0.25, 0.3) is 11.0 Å². The Balaban J connectivity index is 2.00. The Morgan fingerprint density at radius 2 is 2.00 bits per heavy atom. The van der Waals surface area contributed by atoms with Gasteiger partial charge in [0.25, 0.3) is 0 Å². The number of rotatable bonds is 16. The third kappa shape index (κ3) is 5.68. The number of unbranched alkanes of at least 4 members (excludes halogenated alkanes) is 1. The standard InChI is InChI=1S/C29H42O7/c1-6-9-11-34-27-19(12-18(4)5)13-21-23(16-35-28(21)22(27)15-30)20(10-7-2)24(32)14-25(33)29(17-31)26(8-3)36-29/h13,16-18,20,25-26,30,33H,6-12,14-15H2,1-5H3/t20?,25?,26-,29-/m0/s1. The Hall–Kier alpha value is -2.22. The third-order valence-corrected chi connectivity index (χ3v) is 7.15. The van der Waals surface area contributed by atoms with Crippen LogP contribution in [0.15, 0.2) is 16.7 Å². The molecule has 0 radical (unpaired) electrons. The second-order valence-electron chi connectivity index (χ2n) is 10.4. The van der Waals surface area contributed by atoms with E-state index >= 15 is 0 Å². The van der Waals surface area contributed by atoms with Crippen molar-refractivity contribution < 1.29 is 33.7 Å². The van der Waals surface area contributed by atoms with E-state index in [1.165, 1.54) is 0 Å². The van der Waals surface area contributed by atoms with Crippen LogP contribution in [0.2, 0.25) is 0 Å². The number of aliphatic hydroxyl groups excluding tert-OH is 2. The van der Waals surface area contributed by atoms with Gasteiger partial charge in [0.15, 0.2) is 11.9 Å². The van der Waals surface area contributed by atoms with Crippen molar-refractivity contribution in [2.24, 2.45) is 5.92 Å². The number of furan rings is 1. The number of ketones is 1. The number of aldehydes is 1. The smallest absolute Gasteiger partial charge is 0.176 e. The van der Waals surface area contributed by atoms with Gasteiger partial charge in [-0.25, -0.2) is 0 Å². The van der Waals surface area contributed by atoms with Gasteiger partial charge in [0.05, 0.1) is 37.2 Å². The summed E-state index contributed by atoms with van der Waals surface area (Å²) in [5, 5.41) is 21.8. The van der Waals surface area contributed by atoms with E-state index < -0.39 is 17.6 Å². The summed E-state index contributed by atoms with van der Waals surface area (Å²) in [5.41, 5.74) is 1.58. The molecule has 1 aromatic heterocycles. The van der Waals surface area contributed by atoms with Crippen molar-refractivity contribution in [3.05, 3.63) is 29.0 Å². The van der Waals surface area contributed by atoms with E-state index in [4.69, 9.17) is 13.9 Å². The van der Waals surface area contributed by atoms with Crippen LogP contribution in [0.1, 0.15) is 95.8 Å². The van der Waals surface area contributed by atoms with Crippen molar-refractivity contribution in [3.8, 4) is 5.75 Å². The van der Waals surface area contributed by atoms with E-state index in [0.29, 0.717) is 48.5 Å². The Morgan fingerprint density at radius 3 is 2.56 bits per heavy atom. The number of aliphatic hydroxyl groups is 2. The zero-order valence-electron chi connectivity index (χ0n) is 22.3. The fourth-order valence-corrected chi connectivity index (χ4v) is 5.16. The monoisotopic (exact) mass is 502 g/mol. The highest BCUT2D eigenvalue weighted by Crippen LogP contribution is 2.43. The van der Waals surface area contributed by atoms with Gasteiger partial charge in [-0.3, -0.25) is 9.59 Å². The quantitative estimate of drug-likeness (QED) is 0.183. The molecule has 4 atom stereocenters. The molecule has 3 rings (SSSR count). The molecular weight excluding hydrogens is 460 g/mol. The van der Waals surface area contributed by atoms with Crippen LogP contribution in [0, 0.1) is 5.92 Å². The lowest BCUT2D eigenvalue weighted by Crippen LogP contribution is -2.36. The van der Waals surface area contributed by atoms with Crippen molar-refractivity contribution in [1.82, 2.24) is 0 Å². The summed E-state index contributed by atoms with van der Waals surface area (Å²) in [5.74, 6) is 0.383. The van der Waals surface area contributed by atoms with Crippen molar-refractivity contribution in [2.75, 3.05) is 6.61 Å². The molecule has 1 aromatic carbocycles. The van der Waals surface area contributed by atoms with E-state index in [9.17, 15) is 19.8 Å². The summed E-state index contributed by atoms with van der Waals surface area (Å²) in [6.45, 7) is 10.6. The maximum atomic E-state index is 13.5. The first-order chi connectivity index (χ1) is 17.3. The highest BCUT2D eigenvalue weighted by molar-refractivity contribution is 5.95. The van der Waals surface area contributed by atoms with Gasteiger partial charge in [0, 0.05) is 23.3 Å². The van der Waals surface area contributed by atoms with Crippen LogP contribution in [0.3, 0.4) is 0 Å². The van der Waals surface area contributed by atoms with Gasteiger partial charge in [0.1, 0.15) is 17.1 Å². The summed E-state index contributed by atoms with van der Waals surface area (Å²) in [4.78, 5) is 25.1. The molecule has 1 aliphatic heterocycles. The van der Waals surface area contributed by atoms with E-state index in [2.05, 4.69) is 20.8 Å². The minimum absolute atomic E-state index is 0.155. The number of epoxide rings is 1. The van der Waals surface area contributed by atoms with Crippen LogP contribution >= 0.6 is 0 Å². The fourth-order valence-electron chi connectivity index (χ4n) is 5.16. The van der Waals surface area contributed by atoms with E-state index in [1.807, 2.05) is 19.9 Å². The first-order valence-corrected chi connectivity index (χ1v) is 13.4. The van der Waals surface area contributed by atoms with E-state index in [0.717, 1.165) is 42.2 Å². The summed E-state index contributed by atoms with van der Waals surface area (Å²) < 4.78 is 17.6. The van der Waals surface area contributed by atoms with Crippen LogP contribution in [0.4, 0.5) is 0 Å². The molecule has 7 nitrogen and oxygen atoms in total. The number of benzene rings is 1. The number of hydrogen-bond donors (Lipinski definition) is 2. The minimum Gasteiger partial charge on any atom is -0.493 e. The molecule has 0 amide bonds. The summed E-state index contributed by atoms with van der Waals surface area (Å²) >= 11 is 0. The Morgan fingerprint density at radius 1 is 1.25 bits per heavy atom. The number of ether oxygens (including phenoxy) is 2. The normalized spacial score (nSPS) is 21.1. The predicted octanol–water partition coefficient (Wildman–Crippen LogP) is 5.25. The molecule has 0 bridgehead atoms. The lowest BCUT2D eigenvalue weighted by molar-refractivity contribution is -0.125. The van der Waals surface area contributed by atoms with Gasteiger partial charge in [0.2, 0.25) is 0 Å². The molecule has 1 saturated heterocycles. The predicted molar refractivity (Wildman–Crippen MR) is 138 cm³/mol. The molecule has 7 heteroatoms. The second-order valence-corrected chi connectivity index (χ2v) is 10.4. The van der Waals surface area contributed by atoms with Crippen molar-refractivity contribution in [3.63, 3.8) is 0 Å². The number of hydrogen-bond acceptors (Lipinski definition) is 7. The molecular formula is C29H42O7. The summed E-state index contributed by atoms with van der Waals surface area (Å²) in [6, 6.07) is 2.03. The maximum absolute atomic E-state index is 13.5. The molecule has 0 aliphatic carbocycles. The van der Waals surface area contributed by atoms with Crippen molar-refractivity contribution >= 4 is 23.0 Å². The van der Waals surface area contributed by atoms with Gasteiger partial charge < -0.3 is 24.1 Å². The number of carbonyl (C=O) groups excluding carboxylic acids is 2. The zero-order valence-corrected chi connectivity index (χ0v) is 22.3. The number of carbonyl (C=O) groups is 2. The largest absolute Gasteiger partial charge is 0.493 e. The van der Waals surface area contributed by atoms with Gasteiger partial charge in [-0.2, -0.15) is 0 Å².